The zero-order valence-corrected chi connectivity index (χ0v) is 17.7. The molecule has 0 radical (unpaired) electrons. The van der Waals surface area contributed by atoms with E-state index in [0.717, 1.165) is 40.3 Å². The molecule has 3 aliphatic rings. The number of carbonyl (C=O) groups excluding carboxylic acids is 1. The summed E-state index contributed by atoms with van der Waals surface area (Å²) >= 11 is 1.52. The molecule has 8 nitrogen and oxygen atoms in total. The molecule has 0 bridgehead atoms. The van der Waals surface area contributed by atoms with Crippen molar-refractivity contribution in [2.45, 2.75) is 29.8 Å². The van der Waals surface area contributed by atoms with Crippen molar-refractivity contribution in [2.75, 3.05) is 5.75 Å². The van der Waals surface area contributed by atoms with Gasteiger partial charge < -0.3 is 9.26 Å². The van der Waals surface area contributed by atoms with E-state index in [1.807, 2.05) is 36.4 Å². The molecule has 4 heterocycles. The average Bonchev–Trinajstić information content (AvgIpc) is 3.21. The lowest BCUT2D eigenvalue weighted by atomic mass is 10.0. The predicted octanol–water partition coefficient (Wildman–Crippen LogP) is 2.64. The van der Waals surface area contributed by atoms with Crippen LogP contribution in [0.1, 0.15) is 30.4 Å². The predicted molar refractivity (Wildman–Crippen MR) is 118 cm³/mol. The van der Waals surface area contributed by atoms with Gasteiger partial charge in [0.25, 0.3) is 5.56 Å². The molecular weight excluding hydrogens is 428 g/mol. The quantitative estimate of drug-likeness (QED) is 0.617. The smallest absolute Gasteiger partial charge is 0.361 e. The number of nitrogens with zero attached hydrogens (tertiary/aromatic N) is 3. The van der Waals surface area contributed by atoms with E-state index in [1.165, 1.54) is 11.8 Å². The number of benzene rings is 1. The lowest BCUT2D eigenvalue weighted by molar-refractivity contribution is -0.475. The number of nitrogens with two attached hydrogens (primary N) is 1. The number of hydrogen-bond donors (Lipinski definition) is 1. The molecule has 1 fully saturated rings. The molecule has 0 amide bonds. The molecule has 3 aromatic rings. The monoisotopic (exact) mass is 447 g/mol. The Morgan fingerprint density at radius 1 is 1.22 bits per heavy atom. The van der Waals surface area contributed by atoms with E-state index in [9.17, 15) is 9.59 Å². The van der Waals surface area contributed by atoms with Gasteiger partial charge in [-0.05, 0) is 24.3 Å². The third-order valence-electron chi connectivity index (χ3n) is 5.77. The summed E-state index contributed by atoms with van der Waals surface area (Å²) in [6, 6.07) is 12.8. The van der Waals surface area contributed by atoms with Crippen LogP contribution in [0.4, 0.5) is 0 Å². The Balaban J connectivity index is 1.39. The van der Waals surface area contributed by atoms with Crippen LogP contribution < -0.4 is 10.9 Å². The van der Waals surface area contributed by atoms with E-state index < -0.39 is 12.0 Å². The van der Waals surface area contributed by atoms with E-state index in [0.29, 0.717) is 17.4 Å². The standard InChI is InChI=1S/C23H18N4O4S/c28-19-10-15(18-11-16(26-31-18)13-4-2-1-3-5-13)20(14-6-7-14)21-27(19)17(12-32-21)22(29)30-23-24-8-9-25-23/h1-5,8-11,14,17H,6-7,12H2,(H,24,25)/p+1. The zero-order valence-electron chi connectivity index (χ0n) is 16.9. The van der Waals surface area contributed by atoms with Crippen molar-refractivity contribution in [2.24, 2.45) is 4.99 Å². The molecule has 0 saturated heterocycles. The van der Waals surface area contributed by atoms with Crippen molar-refractivity contribution >= 4 is 23.8 Å². The number of ether oxygens (including phenoxy) is 1. The first-order chi connectivity index (χ1) is 15.7. The highest BCUT2D eigenvalue weighted by atomic mass is 32.2. The molecular formula is C23H19N4O4S+. The van der Waals surface area contributed by atoms with Gasteiger partial charge in [-0.3, -0.25) is 9.36 Å². The zero-order chi connectivity index (χ0) is 21.7. The van der Waals surface area contributed by atoms with Crippen LogP contribution in [-0.2, 0) is 9.53 Å². The molecule has 0 spiro atoms. The van der Waals surface area contributed by atoms with Gasteiger partial charge >= 0.3 is 12.0 Å². The number of thioether (sulfide) groups is 1. The minimum atomic E-state index is -0.680. The minimum Gasteiger partial charge on any atom is -0.361 e. The van der Waals surface area contributed by atoms with Crippen molar-refractivity contribution in [3.8, 4) is 22.6 Å². The fraction of sp³-hybridized carbons (Fsp3) is 0.217. The molecule has 1 atom stereocenters. The molecule has 2 N–H and O–H groups in total. The summed E-state index contributed by atoms with van der Waals surface area (Å²) in [6.45, 7) is 0. The minimum absolute atomic E-state index is 0.246. The maximum Gasteiger partial charge on any atom is 0.408 e. The number of aliphatic imine (C=N–C) groups is 1. The maximum absolute atomic E-state index is 13.2. The van der Waals surface area contributed by atoms with Crippen LogP contribution in [0.3, 0.4) is 0 Å². The second-order valence-electron chi connectivity index (χ2n) is 7.93. The van der Waals surface area contributed by atoms with Gasteiger partial charge in [0.15, 0.2) is 5.76 Å². The third-order valence-corrected chi connectivity index (χ3v) is 6.94. The largest absolute Gasteiger partial charge is 0.408 e. The second-order valence-corrected chi connectivity index (χ2v) is 8.93. The van der Waals surface area contributed by atoms with Crippen LogP contribution in [0.15, 0.2) is 74.2 Å². The Hall–Kier alpha value is -3.43. The van der Waals surface area contributed by atoms with Gasteiger partial charge in [-0.25, -0.2) is 10.1 Å². The topological polar surface area (TPSA) is 103 Å². The average molecular weight is 447 g/mol. The lowest BCUT2D eigenvalue weighted by Crippen LogP contribution is -2.81. The number of carbonyl (C=O) groups is 1. The first-order valence-corrected chi connectivity index (χ1v) is 11.4. The van der Waals surface area contributed by atoms with Gasteiger partial charge in [0.2, 0.25) is 0 Å². The molecule has 1 unspecified atom stereocenters. The molecule has 1 aromatic carbocycles. The maximum atomic E-state index is 13.2. The first-order valence-electron chi connectivity index (χ1n) is 10.4. The molecule has 160 valence electrons. The number of rotatable bonds is 4. The van der Waals surface area contributed by atoms with Gasteiger partial charge in [0, 0.05) is 29.0 Å². The van der Waals surface area contributed by atoms with Crippen LogP contribution >= 0.6 is 11.8 Å². The molecule has 1 saturated carbocycles. The number of fused-ring (bicyclic) bond motifs is 1. The third kappa shape index (κ3) is 3.30. The Kier molecular flexibility index (Phi) is 4.58. The first kappa shape index (κ1) is 19.3. The van der Waals surface area contributed by atoms with E-state index in [2.05, 4.69) is 10.1 Å². The highest BCUT2D eigenvalue weighted by Crippen LogP contribution is 2.50. The van der Waals surface area contributed by atoms with E-state index in [1.54, 1.807) is 28.4 Å². The molecule has 6 rings (SSSR count). The van der Waals surface area contributed by atoms with Crippen LogP contribution in [0.2, 0.25) is 0 Å². The molecule has 2 aromatic heterocycles. The Bertz CT molecular complexity index is 1340. The van der Waals surface area contributed by atoms with Crippen LogP contribution in [-0.4, -0.2) is 27.5 Å². The summed E-state index contributed by atoms with van der Waals surface area (Å²) in [7, 11) is 0. The number of pyridine rings is 1. The summed E-state index contributed by atoms with van der Waals surface area (Å²) in [5.41, 5.74) is 3.25. The molecule has 9 heteroatoms. The summed E-state index contributed by atoms with van der Waals surface area (Å²) in [5.74, 6) is 0.886. The van der Waals surface area contributed by atoms with E-state index >= 15 is 0 Å². The van der Waals surface area contributed by atoms with E-state index in [-0.39, 0.29) is 11.6 Å². The number of amidine groups is 1. The highest BCUT2D eigenvalue weighted by Gasteiger charge is 2.40. The van der Waals surface area contributed by atoms with Crippen molar-refractivity contribution in [1.82, 2.24) is 9.72 Å². The lowest BCUT2D eigenvalue weighted by Gasteiger charge is -2.15. The summed E-state index contributed by atoms with van der Waals surface area (Å²) in [5, 5.41) is 6.67. The summed E-state index contributed by atoms with van der Waals surface area (Å²) < 4.78 is 12.6. The molecule has 32 heavy (non-hydrogen) atoms. The van der Waals surface area contributed by atoms with Gasteiger partial charge in [0.1, 0.15) is 17.9 Å². The van der Waals surface area contributed by atoms with Crippen LogP contribution in [0.25, 0.3) is 22.6 Å². The number of hydrogen-bond acceptors (Lipinski definition) is 7. The van der Waals surface area contributed by atoms with Crippen molar-refractivity contribution in [3.63, 3.8) is 0 Å². The fourth-order valence-electron chi connectivity index (χ4n) is 4.10. The van der Waals surface area contributed by atoms with Gasteiger partial charge in [0.05, 0.1) is 11.2 Å². The SMILES string of the molecule is O=C(OC1=NC=C[NH2+]1)C1CSc2c(C3CC3)c(-c3cc(-c4ccccc4)no3)cc(=O)n21. The van der Waals surface area contributed by atoms with Crippen LogP contribution in [0.5, 0.6) is 0 Å². The summed E-state index contributed by atoms with van der Waals surface area (Å²) in [4.78, 5) is 29.9. The molecule has 2 aliphatic heterocycles. The number of esters is 1. The van der Waals surface area contributed by atoms with Gasteiger partial charge in [-0.15, -0.1) is 11.8 Å². The second kappa shape index (κ2) is 7.61. The molecule has 1 aliphatic carbocycles. The Labute approximate surface area is 187 Å². The highest BCUT2D eigenvalue weighted by molar-refractivity contribution is 7.99. The van der Waals surface area contributed by atoms with Crippen molar-refractivity contribution in [3.05, 3.63) is 70.8 Å². The van der Waals surface area contributed by atoms with Crippen molar-refractivity contribution < 1.29 is 19.4 Å². The van der Waals surface area contributed by atoms with E-state index in [4.69, 9.17) is 9.26 Å². The number of aromatic nitrogens is 2. The fourth-order valence-corrected chi connectivity index (χ4v) is 5.49. The Morgan fingerprint density at radius 3 is 2.81 bits per heavy atom. The summed E-state index contributed by atoms with van der Waals surface area (Å²) in [6.07, 6.45) is 5.35. The van der Waals surface area contributed by atoms with Gasteiger partial charge in [-0.1, -0.05) is 35.5 Å². The Morgan fingerprint density at radius 2 is 2.06 bits per heavy atom. The van der Waals surface area contributed by atoms with Crippen LogP contribution in [0, 0.1) is 0 Å². The number of quaternary nitrogens is 1. The normalized spacial score (nSPS) is 19.1. The van der Waals surface area contributed by atoms with Gasteiger partial charge in [-0.2, -0.15) is 4.99 Å². The van der Waals surface area contributed by atoms with Crippen molar-refractivity contribution in [1.29, 1.82) is 0 Å².